The van der Waals surface area contributed by atoms with Crippen LogP contribution in [-0.4, -0.2) is 59.1 Å². The zero-order valence-corrected chi connectivity index (χ0v) is 11.2. The zero-order valence-electron chi connectivity index (χ0n) is 9.65. The lowest BCUT2D eigenvalue weighted by atomic mass is 10.3. The summed E-state index contributed by atoms with van der Waals surface area (Å²) in [6.07, 6.45) is 1.51. The Morgan fingerprint density at radius 3 is 2.76 bits per heavy atom. The molecule has 1 amide bonds. The highest BCUT2D eigenvalue weighted by Gasteiger charge is 2.21. The van der Waals surface area contributed by atoms with Gasteiger partial charge in [-0.3, -0.25) is 4.90 Å². The maximum absolute atomic E-state index is 11.3. The minimum atomic E-state index is -0.245. The summed E-state index contributed by atoms with van der Waals surface area (Å²) in [5.74, 6) is 0.934. The van der Waals surface area contributed by atoms with Crippen molar-refractivity contribution in [2.24, 2.45) is 0 Å². The van der Waals surface area contributed by atoms with Crippen LogP contribution in [0.25, 0.3) is 0 Å². The number of ether oxygens (including phenoxy) is 1. The fourth-order valence-corrected chi connectivity index (χ4v) is 2.18. The van der Waals surface area contributed by atoms with E-state index in [1.165, 1.54) is 7.11 Å². The van der Waals surface area contributed by atoms with Crippen molar-refractivity contribution in [3.63, 3.8) is 0 Å². The minimum absolute atomic E-state index is 0.245. The summed E-state index contributed by atoms with van der Waals surface area (Å²) in [7, 11) is 1.41. The van der Waals surface area contributed by atoms with E-state index in [4.69, 9.17) is 4.74 Å². The van der Waals surface area contributed by atoms with Gasteiger partial charge < -0.3 is 14.6 Å². The van der Waals surface area contributed by atoms with Gasteiger partial charge >= 0.3 is 6.09 Å². The van der Waals surface area contributed by atoms with Crippen LogP contribution in [0.3, 0.4) is 0 Å². The first-order valence-electron chi connectivity index (χ1n) is 5.43. The number of aromatic amines is 1. The first-order valence-corrected chi connectivity index (χ1v) is 6.23. The van der Waals surface area contributed by atoms with Crippen LogP contribution in [-0.2, 0) is 11.3 Å². The summed E-state index contributed by atoms with van der Waals surface area (Å²) in [6.45, 7) is 3.87. The molecule has 1 fully saturated rings. The van der Waals surface area contributed by atoms with Crippen LogP contribution in [0.5, 0.6) is 0 Å². The van der Waals surface area contributed by atoms with Crippen molar-refractivity contribution in [2.75, 3.05) is 33.3 Å². The largest absolute Gasteiger partial charge is 0.453 e. The first kappa shape index (κ1) is 12.4. The number of rotatable bonds is 2. The number of aromatic nitrogens is 2. The van der Waals surface area contributed by atoms with E-state index in [2.05, 4.69) is 30.8 Å². The van der Waals surface area contributed by atoms with Crippen LogP contribution in [0.2, 0.25) is 0 Å². The average Bonchev–Trinajstić information content (AvgIpc) is 2.75. The van der Waals surface area contributed by atoms with Crippen LogP contribution in [0.15, 0.2) is 10.8 Å². The summed E-state index contributed by atoms with van der Waals surface area (Å²) in [5.41, 5.74) is 0. The Morgan fingerprint density at radius 2 is 2.24 bits per heavy atom. The van der Waals surface area contributed by atoms with Gasteiger partial charge in [-0.05, 0) is 15.9 Å². The molecular weight excluding hydrogens is 288 g/mol. The zero-order chi connectivity index (χ0) is 12.3. The molecule has 7 heteroatoms. The number of methoxy groups -OCH3 is 1. The maximum atomic E-state index is 11.3. The van der Waals surface area contributed by atoms with Crippen molar-refractivity contribution in [2.45, 2.75) is 6.54 Å². The van der Waals surface area contributed by atoms with Crippen LogP contribution < -0.4 is 0 Å². The smallest absolute Gasteiger partial charge is 0.409 e. The monoisotopic (exact) mass is 302 g/mol. The molecule has 1 N–H and O–H groups in total. The standard InChI is InChI=1S/C10H15BrN4O2/c1-17-10(16)15-4-2-14(3-5-15)7-9-12-6-8(11)13-9/h6H,2-5,7H2,1H3,(H,12,13). The Bertz CT molecular complexity index is 387. The van der Waals surface area contributed by atoms with E-state index in [0.717, 1.165) is 30.1 Å². The van der Waals surface area contributed by atoms with Crippen LogP contribution in [0, 0.1) is 0 Å². The average molecular weight is 303 g/mol. The van der Waals surface area contributed by atoms with Gasteiger partial charge in [0.2, 0.25) is 0 Å². The predicted octanol–water partition coefficient (Wildman–Crippen LogP) is 1.06. The van der Waals surface area contributed by atoms with Crippen LogP contribution in [0.1, 0.15) is 5.82 Å². The third kappa shape index (κ3) is 3.19. The van der Waals surface area contributed by atoms with Crippen molar-refractivity contribution in [1.82, 2.24) is 19.8 Å². The molecule has 0 aromatic carbocycles. The number of halogens is 1. The third-order valence-corrected chi connectivity index (χ3v) is 3.18. The molecule has 1 saturated heterocycles. The molecule has 0 atom stereocenters. The lowest BCUT2D eigenvalue weighted by Crippen LogP contribution is -2.48. The molecule has 0 aliphatic carbocycles. The number of nitrogens with one attached hydrogen (secondary N) is 1. The molecule has 17 heavy (non-hydrogen) atoms. The molecule has 1 aromatic rings. The topological polar surface area (TPSA) is 61.5 Å². The van der Waals surface area contributed by atoms with E-state index >= 15 is 0 Å². The number of carbonyl (C=O) groups excluding carboxylic acids is 1. The summed E-state index contributed by atoms with van der Waals surface area (Å²) >= 11 is 3.33. The number of H-pyrrole nitrogens is 1. The molecule has 1 aromatic heterocycles. The van der Waals surface area contributed by atoms with Gasteiger partial charge in [-0.1, -0.05) is 0 Å². The van der Waals surface area contributed by atoms with Gasteiger partial charge in [0.05, 0.1) is 19.9 Å². The van der Waals surface area contributed by atoms with Crippen molar-refractivity contribution in [3.8, 4) is 0 Å². The highest BCUT2D eigenvalue weighted by molar-refractivity contribution is 9.10. The summed E-state index contributed by atoms with van der Waals surface area (Å²) < 4.78 is 5.58. The molecule has 94 valence electrons. The van der Waals surface area contributed by atoms with Gasteiger partial charge in [-0.25, -0.2) is 9.78 Å². The van der Waals surface area contributed by atoms with Crippen molar-refractivity contribution in [3.05, 3.63) is 16.6 Å². The quantitative estimate of drug-likeness (QED) is 0.887. The number of hydrogen-bond acceptors (Lipinski definition) is 4. The van der Waals surface area contributed by atoms with E-state index < -0.39 is 0 Å². The van der Waals surface area contributed by atoms with E-state index in [9.17, 15) is 4.79 Å². The number of hydrogen-bond donors (Lipinski definition) is 1. The van der Waals surface area contributed by atoms with E-state index in [-0.39, 0.29) is 6.09 Å². The highest BCUT2D eigenvalue weighted by atomic mass is 79.9. The maximum Gasteiger partial charge on any atom is 0.409 e. The number of nitrogens with zero attached hydrogens (tertiary/aromatic N) is 3. The second-order valence-electron chi connectivity index (χ2n) is 3.91. The Labute approximate surface area is 108 Å². The van der Waals surface area contributed by atoms with Gasteiger partial charge in [0.1, 0.15) is 10.4 Å². The first-order chi connectivity index (χ1) is 8.19. The molecule has 0 bridgehead atoms. The predicted molar refractivity (Wildman–Crippen MR) is 65.5 cm³/mol. The SMILES string of the molecule is COC(=O)N1CCN(Cc2ncc(Br)[nH]2)CC1. The molecular formula is C10H15BrN4O2. The number of amides is 1. The molecule has 0 saturated carbocycles. The number of imidazole rings is 1. The lowest BCUT2D eigenvalue weighted by molar-refractivity contribution is 0.0881. The second-order valence-corrected chi connectivity index (χ2v) is 4.77. The van der Waals surface area contributed by atoms with Gasteiger partial charge in [0, 0.05) is 26.2 Å². The molecule has 1 aliphatic heterocycles. The van der Waals surface area contributed by atoms with Crippen molar-refractivity contribution < 1.29 is 9.53 Å². The third-order valence-electron chi connectivity index (χ3n) is 2.78. The fraction of sp³-hybridized carbons (Fsp3) is 0.600. The van der Waals surface area contributed by atoms with Crippen molar-refractivity contribution in [1.29, 1.82) is 0 Å². The normalized spacial score (nSPS) is 17.2. The van der Waals surface area contributed by atoms with Crippen LogP contribution >= 0.6 is 15.9 Å². The highest BCUT2D eigenvalue weighted by Crippen LogP contribution is 2.09. The molecule has 2 heterocycles. The molecule has 0 spiro atoms. The lowest BCUT2D eigenvalue weighted by Gasteiger charge is -2.33. The van der Waals surface area contributed by atoms with E-state index in [0.29, 0.717) is 13.1 Å². The molecule has 6 nitrogen and oxygen atoms in total. The van der Waals surface area contributed by atoms with Crippen molar-refractivity contribution >= 4 is 22.0 Å². The Balaban J connectivity index is 1.81. The van der Waals surface area contributed by atoms with Gasteiger partial charge in [-0.15, -0.1) is 0 Å². The Kier molecular flexibility index (Phi) is 4.01. The number of carbonyl (C=O) groups is 1. The Morgan fingerprint density at radius 1 is 1.53 bits per heavy atom. The fourth-order valence-electron chi connectivity index (χ4n) is 1.85. The summed E-state index contributed by atoms with van der Waals surface area (Å²) in [4.78, 5) is 22.6. The van der Waals surface area contributed by atoms with E-state index in [1.807, 2.05) is 0 Å². The van der Waals surface area contributed by atoms with Gasteiger partial charge in [0.15, 0.2) is 0 Å². The Hall–Kier alpha value is -1.08. The summed E-state index contributed by atoms with van der Waals surface area (Å²) in [5, 5.41) is 0. The van der Waals surface area contributed by atoms with Crippen LogP contribution in [0.4, 0.5) is 4.79 Å². The van der Waals surface area contributed by atoms with E-state index in [1.54, 1.807) is 11.1 Å². The van der Waals surface area contributed by atoms with Gasteiger partial charge in [0.25, 0.3) is 0 Å². The molecule has 0 unspecified atom stereocenters. The number of piperazine rings is 1. The summed E-state index contributed by atoms with van der Waals surface area (Å²) in [6, 6.07) is 0. The molecule has 1 aliphatic rings. The van der Waals surface area contributed by atoms with Gasteiger partial charge in [-0.2, -0.15) is 0 Å². The minimum Gasteiger partial charge on any atom is -0.453 e. The molecule has 0 radical (unpaired) electrons. The second kappa shape index (κ2) is 5.50. The molecule has 2 rings (SSSR count).